The Bertz CT molecular complexity index is 850. The second kappa shape index (κ2) is 5.13. The molecule has 0 atom stereocenters. The summed E-state index contributed by atoms with van der Waals surface area (Å²) in [6, 6.07) is 13.1. The fraction of sp³-hybridized carbons (Fsp3) is 0.133. The average molecular weight is 267 g/mol. The first-order chi connectivity index (χ1) is 9.75. The van der Waals surface area contributed by atoms with Gasteiger partial charge in [0.25, 0.3) is 5.56 Å². The Morgan fingerprint density at radius 3 is 2.65 bits per heavy atom. The third-order valence-electron chi connectivity index (χ3n) is 3.22. The SMILES string of the molecule is O=c1[nH]c2ncccc2c(=O)n1CCc1ccccc1. The number of aromatic nitrogens is 3. The first-order valence-corrected chi connectivity index (χ1v) is 6.37. The number of hydrogen-bond donors (Lipinski definition) is 1. The molecule has 0 amide bonds. The van der Waals surface area contributed by atoms with Crippen molar-refractivity contribution >= 4 is 11.0 Å². The van der Waals surface area contributed by atoms with Gasteiger partial charge in [0.05, 0.1) is 5.39 Å². The summed E-state index contributed by atoms with van der Waals surface area (Å²) in [7, 11) is 0. The van der Waals surface area contributed by atoms with Gasteiger partial charge in [-0.05, 0) is 24.1 Å². The fourth-order valence-electron chi connectivity index (χ4n) is 2.17. The molecule has 0 radical (unpaired) electrons. The van der Waals surface area contributed by atoms with E-state index in [1.165, 1.54) is 4.57 Å². The molecule has 0 spiro atoms. The first kappa shape index (κ1) is 12.3. The van der Waals surface area contributed by atoms with Crippen LogP contribution in [0.15, 0.2) is 58.3 Å². The molecule has 5 heteroatoms. The Labute approximate surface area is 114 Å². The van der Waals surface area contributed by atoms with Gasteiger partial charge in [-0.1, -0.05) is 30.3 Å². The van der Waals surface area contributed by atoms with E-state index in [1.807, 2.05) is 30.3 Å². The summed E-state index contributed by atoms with van der Waals surface area (Å²) in [6.07, 6.45) is 2.18. The second-order valence-corrected chi connectivity index (χ2v) is 4.52. The van der Waals surface area contributed by atoms with E-state index in [-0.39, 0.29) is 5.56 Å². The summed E-state index contributed by atoms with van der Waals surface area (Å²) in [5.74, 6) is 0. The molecule has 100 valence electrons. The molecule has 0 unspecified atom stereocenters. The van der Waals surface area contributed by atoms with Crippen LogP contribution >= 0.6 is 0 Å². The molecule has 0 aliphatic rings. The number of pyridine rings is 1. The molecule has 1 aromatic carbocycles. The molecule has 0 fully saturated rings. The van der Waals surface area contributed by atoms with Gasteiger partial charge in [-0.25, -0.2) is 9.78 Å². The number of H-pyrrole nitrogens is 1. The number of benzene rings is 1. The zero-order valence-corrected chi connectivity index (χ0v) is 10.7. The molecule has 0 aliphatic carbocycles. The predicted molar refractivity (Wildman–Crippen MR) is 76.8 cm³/mol. The van der Waals surface area contributed by atoms with E-state index in [9.17, 15) is 9.59 Å². The molecule has 1 N–H and O–H groups in total. The van der Waals surface area contributed by atoms with Crippen molar-refractivity contribution in [1.29, 1.82) is 0 Å². The average Bonchev–Trinajstić information content (AvgIpc) is 2.48. The van der Waals surface area contributed by atoms with Crippen LogP contribution in [0.1, 0.15) is 5.56 Å². The third kappa shape index (κ3) is 2.25. The van der Waals surface area contributed by atoms with Crippen LogP contribution in [0.25, 0.3) is 11.0 Å². The number of nitrogens with one attached hydrogen (secondary N) is 1. The highest BCUT2D eigenvalue weighted by atomic mass is 16.2. The normalized spacial score (nSPS) is 10.8. The summed E-state index contributed by atoms with van der Waals surface area (Å²) in [5, 5.41) is 0.431. The Balaban J connectivity index is 2.00. The van der Waals surface area contributed by atoms with E-state index in [1.54, 1.807) is 18.3 Å². The lowest BCUT2D eigenvalue weighted by molar-refractivity contribution is 0.635. The molecule has 3 aromatic rings. The predicted octanol–water partition coefficient (Wildman–Crippen LogP) is 1.33. The minimum atomic E-state index is -0.419. The molecule has 0 aliphatic heterocycles. The summed E-state index contributed by atoms with van der Waals surface area (Å²) in [6.45, 7) is 0.350. The highest BCUT2D eigenvalue weighted by Crippen LogP contribution is 2.02. The Morgan fingerprint density at radius 2 is 1.85 bits per heavy atom. The summed E-state index contributed by atoms with van der Waals surface area (Å²) in [5.41, 5.74) is 0.702. The largest absolute Gasteiger partial charge is 0.330 e. The number of fused-ring (bicyclic) bond motifs is 1. The lowest BCUT2D eigenvalue weighted by atomic mass is 10.1. The molecule has 5 nitrogen and oxygen atoms in total. The second-order valence-electron chi connectivity index (χ2n) is 4.52. The number of nitrogens with zero attached hydrogens (tertiary/aromatic N) is 2. The van der Waals surface area contributed by atoms with Crippen LogP contribution in [0.4, 0.5) is 0 Å². The van der Waals surface area contributed by atoms with Crippen molar-refractivity contribution in [2.75, 3.05) is 0 Å². The standard InChI is InChI=1S/C15H13N3O2/c19-14-12-7-4-9-16-13(12)17-15(20)18(14)10-8-11-5-2-1-3-6-11/h1-7,9H,8,10H2,(H,16,17,20). The van der Waals surface area contributed by atoms with Crippen LogP contribution in [0, 0.1) is 0 Å². The van der Waals surface area contributed by atoms with E-state index in [4.69, 9.17) is 0 Å². The van der Waals surface area contributed by atoms with Gasteiger partial charge >= 0.3 is 5.69 Å². The zero-order valence-electron chi connectivity index (χ0n) is 10.7. The highest BCUT2D eigenvalue weighted by Gasteiger charge is 2.07. The molecule has 0 saturated heterocycles. The monoisotopic (exact) mass is 267 g/mol. The lowest BCUT2D eigenvalue weighted by Crippen LogP contribution is -2.35. The molecule has 2 heterocycles. The fourth-order valence-corrected chi connectivity index (χ4v) is 2.17. The van der Waals surface area contributed by atoms with Crippen molar-refractivity contribution in [3.05, 3.63) is 75.1 Å². The molecular weight excluding hydrogens is 254 g/mol. The number of aryl methyl sites for hydroxylation is 1. The van der Waals surface area contributed by atoms with Gasteiger partial charge in [0.1, 0.15) is 5.65 Å². The van der Waals surface area contributed by atoms with Crippen LogP contribution in [0.2, 0.25) is 0 Å². The number of hydrogen-bond acceptors (Lipinski definition) is 3. The maximum Gasteiger partial charge on any atom is 0.330 e. The molecular formula is C15H13N3O2. The van der Waals surface area contributed by atoms with Crippen molar-refractivity contribution in [3.63, 3.8) is 0 Å². The summed E-state index contributed by atoms with van der Waals surface area (Å²) < 4.78 is 1.22. The summed E-state index contributed by atoms with van der Waals surface area (Å²) >= 11 is 0. The highest BCUT2D eigenvalue weighted by molar-refractivity contribution is 5.72. The summed E-state index contributed by atoms with van der Waals surface area (Å²) in [4.78, 5) is 30.8. The third-order valence-corrected chi connectivity index (χ3v) is 3.22. The first-order valence-electron chi connectivity index (χ1n) is 6.37. The van der Waals surface area contributed by atoms with Gasteiger partial charge in [-0.15, -0.1) is 0 Å². The maximum absolute atomic E-state index is 12.3. The van der Waals surface area contributed by atoms with E-state index in [0.717, 1.165) is 5.56 Å². The van der Waals surface area contributed by atoms with E-state index >= 15 is 0 Å². The number of aromatic amines is 1. The minimum Gasteiger partial charge on any atom is -0.291 e. The van der Waals surface area contributed by atoms with Gasteiger partial charge < -0.3 is 0 Å². The van der Waals surface area contributed by atoms with Crippen LogP contribution in [0.3, 0.4) is 0 Å². The van der Waals surface area contributed by atoms with Gasteiger partial charge in [-0.3, -0.25) is 14.3 Å². The Hall–Kier alpha value is -2.69. The van der Waals surface area contributed by atoms with Crippen LogP contribution in [-0.4, -0.2) is 14.5 Å². The van der Waals surface area contributed by atoms with Crippen molar-refractivity contribution in [2.45, 2.75) is 13.0 Å². The van der Waals surface area contributed by atoms with E-state index in [0.29, 0.717) is 24.0 Å². The van der Waals surface area contributed by atoms with Crippen LogP contribution in [0.5, 0.6) is 0 Å². The quantitative estimate of drug-likeness (QED) is 0.778. The van der Waals surface area contributed by atoms with Gasteiger partial charge in [0.15, 0.2) is 0 Å². The topological polar surface area (TPSA) is 67.8 Å². The maximum atomic E-state index is 12.3. The van der Waals surface area contributed by atoms with Crippen molar-refractivity contribution in [3.8, 4) is 0 Å². The zero-order chi connectivity index (χ0) is 13.9. The molecule has 0 bridgehead atoms. The smallest absolute Gasteiger partial charge is 0.291 e. The van der Waals surface area contributed by atoms with Gasteiger partial charge in [0, 0.05) is 12.7 Å². The van der Waals surface area contributed by atoms with Gasteiger partial charge in [0.2, 0.25) is 0 Å². The van der Waals surface area contributed by atoms with E-state index < -0.39 is 5.69 Å². The van der Waals surface area contributed by atoms with Crippen LogP contribution < -0.4 is 11.2 Å². The molecule has 2 aromatic heterocycles. The number of rotatable bonds is 3. The van der Waals surface area contributed by atoms with Crippen molar-refractivity contribution < 1.29 is 0 Å². The molecule has 20 heavy (non-hydrogen) atoms. The molecule has 0 saturated carbocycles. The minimum absolute atomic E-state index is 0.298. The Kier molecular flexibility index (Phi) is 3.16. The lowest BCUT2D eigenvalue weighted by Gasteiger charge is -2.06. The van der Waals surface area contributed by atoms with Crippen molar-refractivity contribution in [2.24, 2.45) is 0 Å². The Morgan fingerprint density at radius 1 is 1.05 bits per heavy atom. The molecule has 3 rings (SSSR count). The van der Waals surface area contributed by atoms with Crippen LogP contribution in [-0.2, 0) is 13.0 Å². The van der Waals surface area contributed by atoms with Crippen molar-refractivity contribution in [1.82, 2.24) is 14.5 Å². The van der Waals surface area contributed by atoms with Gasteiger partial charge in [-0.2, -0.15) is 0 Å². The van der Waals surface area contributed by atoms with E-state index in [2.05, 4.69) is 9.97 Å².